The Balaban J connectivity index is 2.92. The first-order chi connectivity index (χ1) is 5.29. The van der Waals surface area contributed by atoms with Gasteiger partial charge < -0.3 is 5.73 Å². The summed E-state index contributed by atoms with van der Waals surface area (Å²) in [4.78, 5) is 0. The van der Waals surface area contributed by atoms with Crippen molar-refractivity contribution in [3.05, 3.63) is 24.0 Å². The highest BCUT2D eigenvalue weighted by Crippen LogP contribution is 2.02. The topological polar surface area (TPSA) is 48.0 Å². The van der Waals surface area contributed by atoms with Crippen molar-refractivity contribution in [3.63, 3.8) is 0 Å². The summed E-state index contributed by atoms with van der Waals surface area (Å²) in [5.74, 6) is 0.627. The lowest BCUT2D eigenvalue weighted by molar-refractivity contribution is 0.676. The highest BCUT2D eigenvalue weighted by atomic mass is 32.2. The van der Waals surface area contributed by atoms with Gasteiger partial charge in [-0.25, -0.2) is 4.21 Å². The minimum Gasteiger partial charge on any atom is -0.325 e. The molecular formula is C7H12N2OS. The third-order valence-corrected chi connectivity index (χ3v) is 2.76. The number of hydrogen-bond acceptors (Lipinski definition) is 2. The average Bonchev–Trinajstić information content (AvgIpc) is 2.50. The molecule has 0 spiro atoms. The van der Waals surface area contributed by atoms with Crippen LogP contribution in [-0.2, 0) is 17.5 Å². The molecule has 2 N–H and O–H groups in total. The molecule has 0 aliphatic heterocycles. The SMILES string of the molecule is CCS(=O)n1cccc1CN. The van der Waals surface area contributed by atoms with Gasteiger partial charge in [-0.05, 0) is 12.1 Å². The summed E-state index contributed by atoms with van der Waals surface area (Å²) in [6.07, 6.45) is 1.79. The van der Waals surface area contributed by atoms with E-state index in [1.54, 1.807) is 10.2 Å². The molecular weight excluding hydrogens is 160 g/mol. The van der Waals surface area contributed by atoms with Gasteiger partial charge in [-0.2, -0.15) is 0 Å². The van der Waals surface area contributed by atoms with Gasteiger partial charge in [-0.1, -0.05) is 6.92 Å². The van der Waals surface area contributed by atoms with Gasteiger partial charge in [0, 0.05) is 24.2 Å². The standard InChI is InChI=1S/C7H12N2OS/c1-2-11(10)9-5-3-4-7(9)6-8/h3-5H,2,6,8H2,1H3. The van der Waals surface area contributed by atoms with Crippen molar-refractivity contribution in [1.29, 1.82) is 0 Å². The zero-order chi connectivity index (χ0) is 8.27. The van der Waals surface area contributed by atoms with Crippen molar-refractivity contribution < 1.29 is 4.21 Å². The van der Waals surface area contributed by atoms with Crippen LogP contribution in [0.3, 0.4) is 0 Å². The van der Waals surface area contributed by atoms with E-state index in [2.05, 4.69) is 0 Å². The molecule has 0 radical (unpaired) electrons. The maximum Gasteiger partial charge on any atom is 0.123 e. The smallest absolute Gasteiger partial charge is 0.123 e. The van der Waals surface area contributed by atoms with Crippen LogP contribution in [0, 0.1) is 0 Å². The van der Waals surface area contributed by atoms with Crippen LogP contribution in [0.5, 0.6) is 0 Å². The van der Waals surface area contributed by atoms with E-state index in [-0.39, 0.29) is 0 Å². The van der Waals surface area contributed by atoms with Crippen LogP contribution in [0.15, 0.2) is 18.3 Å². The third kappa shape index (κ3) is 1.70. The maximum absolute atomic E-state index is 11.3. The van der Waals surface area contributed by atoms with E-state index in [4.69, 9.17) is 5.73 Å². The molecule has 0 saturated carbocycles. The van der Waals surface area contributed by atoms with Gasteiger partial charge in [-0.3, -0.25) is 3.97 Å². The van der Waals surface area contributed by atoms with E-state index in [0.29, 0.717) is 12.3 Å². The van der Waals surface area contributed by atoms with E-state index < -0.39 is 11.0 Å². The fourth-order valence-electron chi connectivity index (χ4n) is 0.897. The first kappa shape index (κ1) is 8.49. The van der Waals surface area contributed by atoms with Gasteiger partial charge in [0.15, 0.2) is 0 Å². The molecule has 11 heavy (non-hydrogen) atoms. The maximum atomic E-state index is 11.3. The lowest BCUT2D eigenvalue weighted by Gasteiger charge is -2.03. The van der Waals surface area contributed by atoms with Crippen LogP contribution in [0.25, 0.3) is 0 Å². The number of hydrogen-bond donors (Lipinski definition) is 1. The summed E-state index contributed by atoms with van der Waals surface area (Å²) in [6.45, 7) is 2.33. The van der Waals surface area contributed by atoms with Crippen molar-refractivity contribution in [3.8, 4) is 0 Å². The van der Waals surface area contributed by atoms with E-state index in [1.807, 2.05) is 19.1 Å². The zero-order valence-electron chi connectivity index (χ0n) is 6.49. The van der Waals surface area contributed by atoms with Crippen LogP contribution >= 0.6 is 0 Å². The molecule has 62 valence electrons. The van der Waals surface area contributed by atoms with Gasteiger partial charge in [0.05, 0.1) is 0 Å². The van der Waals surface area contributed by atoms with Gasteiger partial charge >= 0.3 is 0 Å². The van der Waals surface area contributed by atoms with Gasteiger partial charge in [-0.15, -0.1) is 0 Å². The molecule has 1 rings (SSSR count). The molecule has 0 saturated heterocycles. The largest absolute Gasteiger partial charge is 0.325 e. The molecule has 1 aromatic heterocycles. The van der Waals surface area contributed by atoms with Crippen LogP contribution in [0.4, 0.5) is 0 Å². The summed E-state index contributed by atoms with van der Waals surface area (Å²) in [7, 11) is -0.934. The van der Waals surface area contributed by atoms with Crippen molar-refractivity contribution in [2.24, 2.45) is 5.73 Å². The number of aromatic nitrogens is 1. The normalized spacial score (nSPS) is 13.3. The van der Waals surface area contributed by atoms with Crippen molar-refractivity contribution in [1.82, 2.24) is 3.97 Å². The summed E-state index contributed by atoms with van der Waals surface area (Å²) < 4.78 is 13.0. The predicted octanol–water partition coefficient (Wildman–Crippen LogP) is 0.479. The first-order valence-electron chi connectivity index (χ1n) is 3.54. The fourth-order valence-corrected chi connectivity index (χ4v) is 1.78. The molecule has 4 heteroatoms. The van der Waals surface area contributed by atoms with Gasteiger partial charge in [0.2, 0.25) is 0 Å². The highest BCUT2D eigenvalue weighted by Gasteiger charge is 2.02. The molecule has 0 aliphatic rings. The molecule has 1 aromatic rings. The molecule has 0 aliphatic carbocycles. The minimum absolute atomic E-state index is 0.443. The first-order valence-corrected chi connectivity index (χ1v) is 4.82. The molecule has 0 amide bonds. The van der Waals surface area contributed by atoms with Crippen LogP contribution in [0.2, 0.25) is 0 Å². The second kappa shape index (κ2) is 3.69. The Kier molecular flexibility index (Phi) is 2.84. The lowest BCUT2D eigenvalue weighted by atomic mass is 10.4. The van der Waals surface area contributed by atoms with Gasteiger partial charge in [0.1, 0.15) is 11.0 Å². The summed E-state index contributed by atoms with van der Waals surface area (Å²) >= 11 is 0. The average molecular weight is 172 g/mol. The molecule has 1 heterocycles. The molecule has 1 atom stereocenters. The Morgan fingerprint density at radius 2 is 2.45 bits per heavy atom. The minimum atomic E-state index is -0.934. The summed E-state index contributed by atoms with van der Waals surface area (Å²) in [5.41, 5.74) is 6.35. The quantitative estimate of drug-likeness (QED) is 0.721. The van der Waals surface area contributed by atoms with Crippen molar-refractivity contribution >= 4 is 11.0 Å². The number of rotatable bonds is 3. The van der Waals surface area contributed by atoms with E-state index in [0.717, 1.165) is 5.69 Å². The molecule has 3 nitrogen and oxygen atoms in total. The molecule has 0 aromatic carbocycles. The monoisotopic (exact) mass is 172 g/mol. The predicted molar refractivity (Wildman–Crippen MR) is 46.4 cm³/mol. The summed E-state index contributed by atoms with van der Waals surface area (Å²) in [5, 5.41) is 0. The molecule has 0 bridgehead atoms. The van der Waals surface area contributed by atoms with Crippen molar-refractivity contribution in [2.75, 3.05) is 5.75 Å². The van der Waals surface area contributed by atoms with E-state index >= 15 is 0 Å². The van der Waals surface area contributed by atoms with E-state index in [1.165, 1.54) is 0 Å². The van der Waals surface area contributed by atoms with E-state index in [9.17, 15) is 4.21 Å². The summed E-state index contributed by atoms with van der Waals surface area (Å²) in [6, 6.07) is 3.74. The van der Waals surface area contributed by atoms with Crippen LogP contribution < -0.4 is 5.73 Å². The Labute approximate surface area is 68.8 Å². The molecule has 1 unspecified atom stereocenters. The Hall–Kier alpha value is -0.610. The van der Waals surface area contributed by atoms with Crippen molar-refractivity contribution in [2.45, 2.75) is 13.5 Å². The number of nitrogens with zero attached hydrogens (tertiary/aromatic N) is 1. The third-order valence-electron chi connectivity index (χ3n) is 1.47. The Morgan fingerprint density at radius 3 is 3.00 bits per heavy atom. The van der Waals surface area contributed by atoms with Crippen LogP contribution in [-0.4, -0.2) is 13.9 Å². The highest BCUT2D eigenvalue weighted by molar-refractivity contribution is 7.83. The second-order valence-electron chi connectivity index (χ2n) is 2.14. The Bertz CT molecular complexity index is 257. The second-order valence-corrected chi connectivity index (χ2v) is 3.75. The van der Waals surface area contributed by atoms with Gasteiger partial charge in [0.25, 0.3) is 0 Å². The fraction of sp³-hybridized carbons (Fsp3) is 0.429. The van der Waals surface area contributed by atoms with Crippen LogP contribution in [0.1, 0.15) is 12.6 Å². The Morgan fingerprint density at radius 1 is 1.73 bits per heavy atom. The molecule has 0 fully saturated rings. The lowest BCUT2D eigenvalue weighted by Crippen LogP contribution is -2.11. The number of nitrogens with two attached hydrogens (primary N) is 1. The zero-order valence-corrected chi connectivity index (χ0v) is 7.30.